The first-order chi connectivity index (χ1) is 26.9. The van der Waals surface area contributed by atoms with E-state index in [1.54, 1.807) is 0 Å². The Labute approximate surface area is 331 Å². The lowest BCUT2D eigenvalue weighted by Gasteiger charge is -2.43. The highest BCUT2D eigenvalue weighted by molar-refractivity contribution is 6.05. The molecule has 55 heavy (non-hydrogen) atoms. The van der Waals surface area contributed by atoms with E-state index in [-0.39, 0.29) is 24.7 Å². The molecule has 4 aliphatic carbocycles. The van der Waals surface area contributed by atoms with E-state index in [1.165, 1.54) is 149 Å². The number of ether oxygens (including phenoxy) is 2. The van der Waals surface area contributed by atoms with Gasteiger partial charge < -0.3 is 20.9 Å². The predicted molar refractivity (Wildman–Crippen MR) is 224 cm³/mol. The van der Waals surface area contributed by atoms with Crippen molar-refractivity contribution in [2.24, 2.45) is 16.9 Å². The molecule has 0 spiro atoms. The Bertz CT molecular complexity index is 1730. The van der Waals surface area contributed by atoms with Crippen molar-refractivity contribution in [3.05, 3.63) is 93.0 Å². The summed E-state index contributed by atoms with van der Waals surface area (Å²) < 4.78 is 13.0. The van der Waals surface area contributed by atoms with Crippen LogP contribution in [0.1, 0.15) is 199 Å². The summed E-state index contributed by atoms with van der Waals surface area (Å²) in [5, 5.41) is 0. The number of fused-ring (bicyclic) bond motifs is 1. The molecule has 298 valence electrons. The van der Waals surface area contributed by atoms with Gasteiger partial charge in [-0.05, 0) is 82.8 Å². The Morgan fingerprint density at radius 1 is 0.545 bits per heavy atom. The Morgan fingerprint density at radius 2 is 1.02 bits per heavy atom. The van der Waals surface area contributed by atoms with Gasteiger partial charge in [-0.3, -0.25) is 9.59 Å². The molecule has 0 radical (unpaired) electrons. The second kappa shape index (κ2) is 19.9. The molecule has 0 heterocycles. The van der Waals surface area contributed by atoms with E-state index in [0.717, 1.165) is 42.1 Å². The van der Waals surface area contributed by atoms with Gasteiger partial charge in [-0.15, -0.1) is 0 Å². The Morgan fingerprint density at radius 3 is 1.55 bits per heavy atom. The van der Waals surface area contributed by atoms with Gasteiger partial charge in [0, 0.05) is 17.4 Å². The van der Waals surface area contributed by atoms with E-state index in [2.05, 4.69) is 62.4 Å². The van der Waals surface area contributed by atoms with Gasteiger partial charge in [-0.1, -0.05) is 160 Å². The van der Waals surface area contributed by atoms with Crippen LogP contribution in [0.3, 0.4) is 0 Å². The third-order valence-corrected chi connectivity index (χ3v) is 12.9. The fraction of sp³-hybridized carbons (Fsp3) is 0.592. The highest BCUT2D eigenvalue weighted by atomic mass is 16.5. The smallest absolute Gasteiger partial charge is 0.233 e. The molecule has 6 heteroatoms. The zero-order chi connectivity index (χ0) is 38.6. The minimum absolute atomic E-state index is 0.00536. The highest BCUT2D eigenvalue weighted by Gasteiger charge is 2.50. The van der Waals surface area contributed by atoms with Crippen LogP contribution in [0.4, 0.5) is 0 Å². The molecule has 2 atom stereocenters. The Kier molecular flexibility index (Phi) is 14.8. The van der Waals surface area contributed by atoms with Crippen molar-refractivity contribution in [3.8, 4) is 11.5 Å². The largest absolute Gasteiger partial charge is 0.494 e. The number of hydrogen-bond donors (Lipinski definition) is 2. The number of primary amides is 2. The SMILES string of the molecule is CCCCCCCCCCCCOc1ccc2c(c1)C1c3cc4c(cc3C2c2c(OCCCCCCCCCCCC)cccc21)CC(C(N)=O)(C(N)=O)C4. The van der Waals surface area contributed by atoms with Crippen molar-refractivity contribution in [2.75, 3.05) is 13.2 Å². The molecular formula is C49H68N2O4. The van der Waals surface area contributed by atoms with Crippen molar-refractivity contribution < 1.29 is 19.1 Å². The molecule has 2 bridgehead atoms. The summed E-state index contributed by atoms with van der Waals surface area (Å²) in [6, 6.07) is 17.7. The van der Waals surface area contributed by atoms with Gasteiger partial charge in [-0.2, -0.15) is 0 Å². The van der Waals surface area contributed by atoms with Gasteiger partial charge in [0.1, 0.15) is 16.9 Å². The van der Waals surface area contributed by atoms with Crippen LogP contribution in [0.2, 0.25) is 0 Å². The predicted octanol–water partition coefficient (Wildman–Crippen LogP) is 11.3. The Balaban J connectivity index is 1.15. The van der Waals surface area contributed by atoms with Crippen LogP contribution in [0.5, 0.6) is 11.5 Å². The molecule has 4 aliphatic rings. The van der Waals surface area contributed by atoms with Crippen molar-refractivity contribution in [3.63, 3.8) is 0 Å². The first-order valence-corrected chi connectivity index (χ1v) is 22.2. The lowest BCUT2D eigenvalue weighted by molar-refractivity contribution is -0.139. The number of carbonyl (C=O) groups is 2. The molecule has 6 nitrogen and oxygen atoms in total. The first-order valence-electron chi connectivity index (χ1n) is 22.2. The van der Waals surface area contributed by atoms with Gasteiger partial charge in [0.25, 0.3) is 0 Å². The van der Waals surface area contributed by atoms with Gasteiger partial charge in [-0.25, -0.2) is 0 Å². The van der Waals surface area contributed by atoms with Crippen molar-refractivity contribution in [2.45, 2.75) is 167 Å². The maximum Gasteiger partial charge on any atom is 0.233 e. The number of amides is 2. The molecule has 4 N–H and O–H groups in total. The van der Waals surface area contributed by atoms with E-state index in [1.807, 2.05) is 0 Å². The zero-order valence-corrected chi connectivity index (χ0v) is 34.0. The van der Waals surface area contributed by atoms with Crippen molar-refractivity contribution in [1.82, 2.24) is 0 Å². The number of nitrogens with two attached hydrogens (primary N) is 2. The maximum atomic E-state index is 12.7. The first kappa shape index (κ1) is 40.9. The topological polar surface area (TPSA) is 105 Å². The second-order valence-corrected chi connectivity index (χ2v) is 16.9. The summed E-state index contributed by atoms with van der Waals surface area (Å²) in [4.78, 5) is 25.4. The van der Waals surface area contributed by atoms with Gasteiger partial charge in [0.05, 0.1) is 13.2 Å². The third-order valence-electron chi connectivity index (χ3n) is 12.9. The van der Waals surface area contributed by atoms with Crippen LogP contribution in [0.15, 0.2) is 48.5 Å². The average molecular weight is 749 g/mol. The van der Waals surface area contributed by atoms with E-state index < -0.39 is 17.2 Å². The van der Waals surface area contributed by atoms with Gasteiger partial charge in [0.2, 0.25) is 11.8 Å². The molecule has 0 aromatic heterocycles. The Hall–Kier alpha value is -3.80. The van der Waals surface area contributed by atoms with Gasteiger partial charge in [0.15, 0.2) is 0 Å². The maximum absolute atomic E-state index is 12.7. The van der Waals surface area contributed by atoms with E-state index in [4.69, 9.17) is 20.9 Å². The quantitative estimate of drug-likeness (QED) is 0.0434. The van der Waals surface area contributed by atoms with Crippen LogP contribution in [0.25, 0.3) is 0 Å². The number of unbranched alkanes of at least 4 members (excludes halogenated alkanes) is 18. The summed E-state index contributed by atoms with van der Waals surface area (Å²) in [5.41, 5.74) is 19.8. The monoisotopic (exact) mass is 749 g/mol. The standard InChI is InChI=1S/C49H68N2O4/c1-3-5-7-9-11-13-15-17-19-21-28-54-37-26-27-38-42(32-37)44-39-24-23-25-43(55-29-22-20-18-16-14-12-10-8-6-4-2)46(39)45(38)41-31-36-34-49(47(50)52,48(51)53)33-35(36)30-40(41)44/h23-27,30-32,44-45H,3-22,28-29,33-34H2,1-2H3,(H2,50,52)(H2,51,53). The van der Waals surface area contributed by atoms with Crippen LogP contribution < -0.4 is 20.9 Å². The molecular weight excluding hydrogens is 681 g/mol. The summed E-state index contributed by atoms with van der Waals surface area (Å²) in [6.45, 7) is 5.98. The minimum atomic E-state index is -1.38. The molecule has 0 saturated heterocycles. The van der Waals surface area contributed by atoms with E-state index in [9.17, 15) is 9.59 Å². The van der Waals surface area contributed by atoms with Crippen LogP contribution in [-0.2, 0) is 22.4 Å². The van der Waals surface area contributed by atoms with Crippen LogP contribution in [0, 0.1) is 5.41 Å². The van der Waals surface area contributed by atoms with Crippen LogP contribution >= 0.6 is 0 Å². The van der Waals surface area contributed by atoms with Gasteiger partial charge >= 0.3 is 0 Å². The molecule has 7 rings (SSSR count). The third kappa shape index (κ3) is 9.43. The lowest BCUT2D eigenvalue weighted by Crippen LogP contribution is -2.48. The van der Waals surface area contributed by atoms with E-state index >= 15 is 0 Å². The summed E-state index contributed by atoms with van der Waals surface area (Å²) in [5.74, 6) is 0.569. The molecule has 0 aliphatic heterocycles. The molecule has 3 aromatic rings. The number of rotatable bonds is 26. The second-order valence-electron chi connectivity index (χ2n) is 16.9. The number of carbonyl (C=O) groups excluding carboxylic acids is 2. The fourth-order valence-corrected chi connectivity index (χ4v) is 9.67. The zero-order valence-electron chi connectivity index (χ0n) is 34.0. The molecule has 0 fully saturated rings. The molecule has 3 aromatic carbocycles. The summed E-state index contributed by atoms with van der Waals surface area (Å²) in [6.07, 6.45) is 26.5. The molecule has 2 unspecified atom stereocenters. The van der Waals surface area contributed by atoms with E-state index in [0.29, 0.717) is 6.61 Å². The van der Waals surface area contributed by atoms with Crippen molar-refractivity contribution >= 4 is 11.8 Å². The normalized spacial score (nSPS) is 17.0. The fourth-order valence-electron chi connectivity index (χ4n) is 9.67. The van der Waals surface area contributed by atoms with Crippen molar-refractivity contribution in [1.29, 1.82) is 0 Å². The molecule has 2 amide bonds. The summed E-state index contributed by atoms with van der Waals surface area (Å²) in [7, 11) is 0. The van der Waals surface area contributed by atoms with Crippen LogP contribution in [-0.4, -0.2) is 25.0 Å². The number of hydrogen-bond acceptors (Lipinski definition) is 4. The highest BCUT2D eigenvalue weighted by Crippen LogP contribution is 2.59. The average Bonchev–Trinajstić information content (AvgIpc) is 3.58. The minimum Gasteiger partial charge on any atom is -0.494 e. The summed E-state index contributed by atoms with van der Waals surface area (Å²) >= 11 is 0. The lowest BCUT2D eigenvalue weighted by atomic mass is 9.60. The number of benzene rings is 3. The molecule has 0 saturated carbocycles.